The summed E-state index contributed by atoms with van der Waals surface area (Å²) in [6.07, 6.45) is 0.0444. The molecule has 1 amide bonds. The molecule has 1 aromatic rings. The highest BCUT2D eigenvalue weighted by Crippen LogP contribution is 2.18. The van der Waals surface area contributed by atoms with E-state index in [4.69, 9.17) is 4.74 Å². The van der Waals surface area contributed by atoms with E-state index in [0.29, 0.717) is 18.8 Å². The summed E-state index contributed by atoms with van der Waals surface area (Å²) in [4.78, 5) is 13.8. The third kappa shape index (κ3) is 5.33. The van der Waals surface area contributed by atoms with Gasteiger partial charge in [0.25, 0.3) is 0 Å². The Morgan fingerprint density at radius 2 is 1.68 bits per heavy atom. The molecular formula is C16H25NO4S. The number of carbonyl (C=O) groups is 1. The van der Waals surface area contributed by atoms with Gasteiger partial charge in [0.2, 0.25) is 5.91 Å². The topological polar surface area (TPSA) is 63.7 Å². The maximum absolute atomic E-state index is 12.3. The highest BCUT2D eigenvalue weighted by atomic mass is 32.2. The highest BCUT2D eigenvalue weighted by molar-refractivity contribution is 7.91. The minimum absolute atomic E-state index is 0.00819. The normalized spacial score (nSPS) is 11.5. The Morgan fingerprint density at radius 3 is 2.14 bits per heavy atom. The molecule has 22 heavy (non-hydrogen) atoms. The molecule has 0 saturated carbocycles. The Morgan fingerprint density at radius 1 is 1.14 bits per heavy atom. The van der Waals surface area contributed by atoms with Crippen LogP contribution >= 0.6 is 0 Å². The van der Waals surface area contributed by atoms with Gasteiger partial charge >= 0.3 is 0 Å². The molecule has 0 aliphatic heterocycles. The van der Waals surface area contributed by atoms with E-state index in [1.165, 1.54) is 12.1 Å². The zero-order valence-corrected chi connectivity index (χ0v) is 14.5. The Kier molecular flexibility index (Phi) is 6.87. The molecule has 0 aliphatic carbocycles. The van der Waals surface area contributed by atoms with Crippen LogP contribution in [0.1, 0.15) is 34.1 Å². The van der Waals surface area contributed by atoms with Gasteiger partial charge in [-0.2, -0.15) is 0 Å². The van der Waals surface area contributed by atoms with Crippen molar-refractivity contribution in [3.63, 3.8) is 0 Å². The molecule has 0 bridgehead atoms. The van der Waals surface area contributed by atoms with Gasteiger partial charge in [0.1, 0.15) is 5.75 Å². The summed E-state index contributed by atoms with van der Waals surface area (Å²) in [6.45, 7) is 8.76. The van der Waals surface area contributed by atoms with Gasteiger partial charge in [0.15, 0.2) is 9.84 Å². The van der Waals surface area contributed by atoms with E-state index in [9.17, 15) is 13.2 Å². The predicted octanol–water partition coefficient (Wildman–Crippen LogP) is 2.51. The van der Waals surface area contributed by atoms with Crippen LogP contribution in [0.4, 0.5) is 0 Å². The lowest BCUT2D eigenvalue weighted by atomic mass is 10.3. The van der Waals surface area contributed by atoms with Crippen LogP contribution in [0.15, 0.2) is 29.2 Å². The van der Waals surface area contributed by atoms with Crippen LogP contribution in [0.3, 0.4) is 0 Å². The molecule has 6 heteroatoms. The monoisotopic (exact) mass is 327 g/mol. The second-order valence-electron chi connectivity index (χ2n) is 5.27. The molecule has 0 unspecified atom stereocenters. The summed E-state index contributed by atoms with van der Waals surface area (Å²) in [7, 11) is -3.45. The molecule has 5 nitrogen and oxygen atoms in total. The number of ether oxygens (including phenoxy) is 1. The standard InChI is InChI=1S/C16H25NO4S/c1-5-17(6-2)16(18)11-12-22(19,20)15-9-7-14(8-10-15)21-13(3)4/h7-10,13H,5-6,11-12H2,1-4H3. The number of hydrogen-bond donors (Lipinski definition) is 0. The fraction of sp³-hybridized carbons (Fsp3) is 0.562. The molecule has 0 heterocycles. The maximum atomic E-state index is 12.3. The molecule has 0 radical (unpaired) electrons. The number of amides is 1. The Labute approximate surface area is 133 Å². The van der Waals surface area contributed by atoms with Crippen molar-refractivity contribution in [3.8, 4) is 5.75 Å². The average Bonchev–Trinajstić information content (AvgIpc) is 2.46. The fourth-order valence-corrected chi connectivity index (χ4v) is 3.30. The summed E-state index contributed by atoms with van der Waals surface area (Å²) in [6, 6.07) is 6.32. The van der Waals surface area contributed by atoms with E-state index in [0.717, 1.165) is 0 Å². The van der Waals surface area contributed by atoms with Crippen LogP contribution in [0.25, 0.3) is 0 Å². The van der Waals surface area contributed by atoms with Crippen LogP contribution in [-0.4, -0.2) is 44.2 Å². The van der Waals surface area contributed by atoms with E-state index in [-0.39, 0.29) is 29.1 Å². The number of carbonyl (C=O) groups excluding carboxylic acids is 1. The van der Waals surface area contributed by atoms with Crippen molar-refractivity contribution in [2.45, 2.75) is 45.1 Å². The Hall–Kier alpha value is -1.56. The largest absolute Gasteiger partial charge is 0.491 e. The quantitative estimate of drug-likeness (QED) is 0.736. The van der Waals surface area contributed by atoms with Gasteiger partial charge in [-0.1, -0.05) is 0 Å². The lowest BCUT2D eigenvalue weighted by Crippen LogP contribution is -2.31. The molecule has 124 valence electrons. The lowest BCUT2D eigenvalue weighted by Gasteiger charge is -2.18. The number of benzene rings is 1. The first-order chi connectivity index (χ1) is 10.3. The van der Waals surface area contributed by atoms with Gasteiger partial charge in [-0.25, -0.2) is 8.42 Å². The van der Waals surface area contributed by atoms with E-state index in [1.54, 1.807) is 17.0 Å². The molecular weight excluding hydrogens is 302 g/mol. The van der Waals surface area contributed by atoms with Crippen LogP contribution in [0.5, 0.6) is 5.75 Å². The third-order valence-corrected chi connectivity index (χ3v) is 4.99. The first-order valence-electron chi connectivity index (χ1n) is 7.57. The predicted molar refractivity (Wildman–Crippen MR) is 86.8 cm³/mol. The number of rotatable bonds is 8. The van der Waals surface area contributed by atoms with Gasteiger partial charge < -0.3 is 9.64 Å². The van der Waals surface area contributed by atoms with Gasteiger partial charge in [-0.05, 0) is 52.0 Å². The van der Waals surface area contributed by atoms with Crippen molar-refractivity contribution in [2.75, 3.05) is 18.8 Å². The number of sulfone groups is 1. The molecule has 1 aromatic carbocycles. The van der Waals surface area contributed by atoms with Crippen molar-refractivity contribution in [3.05, 3.63) is 24.3 Å². The van der Waals surface area contributed by atoms with E-state index in [2.05, 4.69) is 0 Å². The summed E-state index contributed by atoms with van der Waals surface area (Å²) < 4.78 is 30.0. The van der Waals surface area contributed by atoms with Crippen molar-refractivity contribution in [2.24, 2.45) is 0 Å². The average molecular weight is 327 g/mol. The number of nitrogens with zero attached hydrogens (tertiary/aromatic N) is 1. The van der Waals surface area contributed by atoms with Crippen molar-refractivity contribution >= 4 is 15.7 Å². The Bertz CT molecular complexity index is 575. The van der Waals surface area contributed by atoms with Crippen LogP contribution in [0, 0.1) is 0 Å². The molecule has 0 fully saturated rings. The molecule has 0 spiro atoms. The van der Waals surface area contributed by atoms with Crippen LogP contribution < -0.4 is 4.74 Å². The minimum Gasteiger partial charge on any atom is -0.491 e. The molecule has 0 N–H and O–H groups in total. The second-order valence-corrected chi connectivity index (χ2v) is 7.38. The minimum atomic E-state index is -3.45. The van der Waals surface area contributed by atoms with Crippen LogP contribution in [0.2, 0.25) is 0 Å². The Balaban J connectivity index is 2.72. The van der Waals surface area contributed by atoms with E-state index >= 15 is 0 Å². The van der Waals surface area contributed by atoms with Crippen molar-refractivity contribution in [1.82, 2.24) is 4.90 Å². The molecule has 0 aromatic heterocycles. The lowest BCUT2D eigenvalue weighted by molar-refractivity contribution is -0.130. The van der Waals surface area contributed by atoms with E-state index in [1.807, 2.05) is 27.7 Å². The van der Waals surface area contributed by atoms with Gasteiger partial charge in [0.05, 0.1) is 16.8 Å². The summed E-state index contributed by atoms with van der Waals surface area (Å²) in [5.74, 6) is 0.328. The molecule has 0 aliphatic rings. The first-order valence-corrected chi connectivity index (χ1v) is 9.22. The van der Waals surface area contributed by atoms with Crippen molar-refractivity contribution in [1.29, 1.82) is 0 Å². The smallest absolute Gasteiger partial charge is 0.223 e. The first kappa shape index (κ1) is 18.5. The second kappa shape index (κ2) is 8.17. The molecule has 0 saturated heterocycles. The fourth-order valence-electron chi connectivity index (χ4n) is 2.07. The maximum Gasteiger partial charge on any atom is 0.223 e. The molecule has 0 atom stereocenters. The summed E-state index contributed by atoms with van der Waals surface area (Å²) >= 11 is 0. The molecule has 1 rings (SSSR count). The third-order valence-electron chi connectivity index (χ3n) is 3.26. The van der Waals surface area contributed by atoms with Gasteiger partial charge in [-0.3, -0.25) is 4.79 Å². The van der Waals surface area contributed by atoms with Crippen LogP contribution in [-0.2, 0) is 14.6 Å². The highest BCUT2D eigenvalue weighted by Gasteiger charge is 2.18. The summed E-state index contributed by atoms with van der Waals surface area (Å²) in [5.41, 5.74) is 0. The SMILES string of the molecule is CCN(CC)C(=O)CCS(=O)(=O)c1ccc(OC(C)C)cc1. The van der Waals surface area contributed by atoms with Gasteiger partial charge in [-0.15, -0.1) is 0 Å². The summed E-state index contributed by atoms with van der Waals surface area (Å²) in [5, 5.41) is 0. The van der Waals surface area contributed by atoms with Crippen molar-refractivity contribution < 1.29 is 17.9 Å². The van der Waals surface area contributed by atoms with Gasteiger partial charge in [0, 0.05) is 19.5 Å². The number of hydrogen-bond acceptors (Lipinski definition) is 4. The zero-order chi connectivity index (χ0) is 16.8. The zero-order valence-electron chi connectivity index (χ0n) is 13.7. The van der Waals surface area contributed by atoms with E-state index < -0.39 is 9.84 Å².